The van der Waals surface area contributed by atoms with Crippen molar-refractivity contribution >= 4 is 45.8 Å². The predicted molar refractivity (Wildman–Crippen MR) is 154 cm³/mol. The number of rotatable bonds is 10. The van der Waals surface area contributed by atoms with Gasteiger partial charge < -0.3 is 14.4 Å². The van der Waals surface area contributed by atoms with E-state index in [2.05, 4.69) is 9.80 Å². The lowest BCUT2D eigenvalue weighted by Crippen LogP contribution is -2.46. The molecular formula is C29H35Cl2N3O4. The van der Waals surface area contributed by atoms with Crippen LogP contribution in [0.25, 0.3) is 10.9 Å². The third kappa shape index (κ3) is 6.82. The number of piperazine rings is 1. The van der Waals surface area contributed by atoms with E-state index < -0.39 is 12.2 Å². The summed E-state index contributed by atoms with van der Waals surface area (Å²) >= 11 is 12.6. The lowest BCUT2D eigenvalue weighted by atomic mass is 10.1. The smallest absolute Gasteiger partial charge is 0.304 e. The van der Waals surface area contributed by atoms with Crippen LogP contribution in [0.2, 0.25) is 10.0 Å². The third-order valence-electron chi connectivity index (χ3n) is 6.80. The SMILES string of the molecule is CC(=O)OC(C(C)C)n1c(=O)ccc2ccc(OCCCCN3CCN(c4cccc(Cl)c4Cl)CC3)cc21. The van der Waals surface area contributed by atoms with Crippen molar-refractivity contribution in [2.75, 3.05) is 44.2 Å². The Morgan fingerprint density at radius 3 is 2.45 bits per heavy atom. The zero-order valence-corrected chi connectivity index (χ0v) is 23.7. The van der Waals surface area contributed by atoms with E-state index in [4.69, 9.17) is 32.7 Å². The van der Waals surface area contributed by atoms with Crippen molar-refractivity contribution in [1.29, 1.82) is 0 Å². The zero-order chi connectivity index (χ0) is 27.2. The second-order valence-corrected chi connectivity index (χ2v) is 10.7. The normalized spacial score (nSPS) is 15.2. The molecule has 1 aliphatic rings. The lowest BCUT2D eigenvalue weighted by Gasteiger charge is -2.36. The standard InChI is InChI=1S/C29H35Cl2N3O4/c1-20(2)29(38-21(3)35)34-26-19-23(11-9-22(26)10-12-27(34)36)37-18-5-4-13-32-14-16-33(17-15-32)25-8-6-7-24(30)28(25)31/h6-12,19-20,29H,4-5,13-18H2,1-3H3. The Morgan fingerprint density at radius 2 is 1.74 bits per heavy atom. The zero-order valence-electron chi connectivity index (χ0n) is 22.2. The Kier molecular flexibility index (Phi) is 9.58. The molecule has 1 saturated heterocycles. The molecule has 0 spiro atoms. The predicted octanol–water partition coefficient (Wildman–Crippen LogP) is 6.01. The summed E-state index contributed by atoms with van der Waals surface area (Å²) in [6, 6.07) is 14.8. The van der Waals surface area contributed by atoms with Gasteiger partial charge in [0.25, 0.3) is 5.56 Å². The van der Waals surface area contributed by atoms with Crippen molar-refractivity contribution in [3.63, 3.8) is 0 Å². The Hall–Kier alpha value is -2.74. The maximum absolute atomic E-state index is 12.8. The number of pyridine rings is 1. The molecule has 1 aromatic heterocycles. The number of carbonyl (C=O) groups is 1. The summed E-state index contributed by atoms with van der Waals surface area (Å²) in [6.07, 6.45) is 1.26. The molecule has 3 aromatic rings. The van der Waals surface area contributed by atoms with Crippen LogP contribution < -0.4 is 15.2 Å². The summed E-state index contributed by atoms with van der Waals surface area (Å²) in [5.41, 5.74) is 1.47. The number of carbonyl (C=O) groups excluding carboxylic acids is 1. The van der Waals surface area contributed by atoms with E-state index in [0.717, 1.165) is 56.6 Å². The number of aromatic nitrogens is 1. The van der Waals surface area contributed by atoms with Crippen LogP contribution in [0.1, 0.15) is 39.8 Å². The highest BCUT2D eigenvalue weighted by atomic mass is 35.5. The van der Waals surface area contributed by atoms with Crippen molar-refractivity contribution in [3.05, 3.63) is 68.9 Å². The molecule has 0 bridgehead atoms. The van der Waals surface area contributed by atoms with E-state index in [9.17, 15) is 9.59 Å². The number of hydrogen-bond donors (Lipinski definition) is 0. The molecule has 2 aromatic carbocycles. The number of ether oxygens (including phenoxy) is 2. The molecule has 1 aliphatic heterocycles. The fraction of sp³-hybridized carbons (Fsp3) is 0.448. The van der Waals surface area contributed by atoms with Gasteiger partial charge in [-0.1, -0.05) is 43.1 Å². The van der Waals surface area contributed by atoms with Crippen LogP contribution >= 0.6 is 23.2 Å². The van der Waals surface area contributed by atoms with Crippen molar-refractivity contribution in [3.8, 4) is 5.75 Å². The molecule has 0 saturated carbocycles. The fourth-order valence-corrected chi connectivity index (χ4v) is 5.23. The first kappa shape index (κ1) is 28.3. The fourth-order valence-electron chi connectivity index (χ4n) is 4.82. The van der Waals surface area contributed by atoms with E-state index in [1.165, 1.54) is 13.0 Å². The Labute approximate surface area is 233 Å². The number of fused-ring (bicyclic) bond motifs is 1. The molecule has 9 heteroatoms. The van der Waals surface area contributed by atoms with Crippen LogP contribution in [0.5, 0.6) is 5.75 Å². The molecule has 7 nitrogen and oxygen atoms in total. The van der Waals surface area contributed by atoms with Gasteiger partial charge in [0.2, 0.25) is 0 Å². The topological polar surface area (TPSA) is 64.0 Å². The van der Waals surface area contributed by atoms with Gasteiger partial charge in [-0.3, -0.25) is 19.1 Å². The summed E-state index contributed by atoms with van der Waals surface area (Å²) in [6.45, 7) is 10.6. The molecule has 4 rings (SSSR count). The van der Waals surface area contributed by atoms with Gasteiger partial charge in [0, 0.05) is 51.2 Å². The maximum atomic E-state index is 12.8. The van der Waals surface area contributed by atoms with Crippen molar-refractivity contribution < 1.29 is 14.3 Å². The number of hydrogen-bond acceptors (Lipinski definition) is 6. The number of anilines is 1. The number of unbranched alkanes of at least 4 members (excludes halogenated alkanes) is 1. The first-order chi connectivity index (χ1) is 18.2. The van der Waals surface area contributed by atoms with Crippen molar-refractivity contribution in [2.24, 2.45) is 5.92 Å². The molecule has 2 heterocycles. The maximum Gasteiger partial charge on any atom is 0.304 e. The number of esters is 1. The van der Waals surface area contributed by atoms with Gasteiger partial charge >= 0.3 is 5.97 Å². The van der Waals surface area contributed by atoms with Crippen LogP contribution in [0, 0.1) is 5.92 Å². The minimum absolute atomic E-state index is 0.0730. The minimum Gasteiger partial charge on any atom is -0.494 e. The van der Waals surface area contributed by atoms with Crippen LogP contribution in [-0.2, 0) is 9.53 Å². The summed E-state index contributed by atoms with van der Waals surface area (Å²) in [5, 5.41) is 2.09. The van der Waals surface area contributed by atoms with Gasteiger partial charge in [0.05, 0.1) is 27.9 Å². The number of halogens is 2. The highest BCUT2D eigenvalue weighted by Gasteiger charge is 2.22. The van der Waals surface area contributed by atoms with Crippen molar-refractivity contribution in [1.82, 2.24) is 9.47 Å². The van der Waals surface area contributed by atoms with Crippen LogP contribution in [0.3, 0.4) is 0 Å². The molecule has 0 amide bonds. The molecule has 1 unspecified atom stereocenters. The number of nitrogens with zero attached hydrogens (tertiary/aromatic N) is 3. The Bertz CT molecular complexity index is 1320. The molecule has 1 fully saturated rings. The van der Waals surface area contributed by atoms with Crippen LogP contribution in [0.15, 0.2) is 53.3 Å². The van der Waals surface area contributed by atoms with Gasteiger partial charge in [0.15, 0.2) is 6.23 Å². The second-order valence-electron chi connectivity index (χ2n) is 9.96. The molecule has 38 heavy (non-hydrogen) atoms. The van der Waals surface area contributed by atoms with E-state index in [1.54, 1.807) is 10.6 Å². The van der Waals surface area contributed by atoms with Gasteiger partial charge in [-0.2, -0.15) is 0 Å². The third-order valence-corrected chi connectivity index (χ3v) is 7.61. The number of benzene rings is 2. The van der Waals surface area contributed by atoms with E-state index in [0.29, 0.717) is 27.9 Å². The summed E-state index contributed by atoms with van der Waals surface area (Å²) in [5.74, 6) is 0.194. The molecule has 0 N–H and O–H groups in total. The first-order valence-electron chi connectivity index (χ1n) is 13.1. The summed E-state index contributed by atoms with van der Waals surface area (Å²) < 4.78 is 13.1. The second kappa shape index (κ2) is 12.9. The summed E-state index contributed by atoms with van der Waals surface area (Å²) in [4.78, 5) is 29.2. The lowest BCUT2D eigenvalue weighted by molar-refractivity contribution is -0.154. The molecule has 204 valence electrons. The highest BCUT2D eigenvalue weighted by molar-refractivity contribution is 6.43. The quantitative estimate of drug-likeness (QED) is 0.224. The van der Waals surface area contributed by atoms with E-state index >= 15 is 0 Å². The highest BCUT2D eigenvalue weighted by Crippen LogP contribution is 2.33. The van der Waals surface area contributed by atoms with Crippen molar-refractivity contribution in [2.45, 2.75) is 39.8 Å². The van der Waals surface area contributed by atoms with Gasteiger partial charge in [-0.15, -0.1) is 0 Å². The largest absolute Gasteiger partial charge is 0.494 e. The van der Waals surface area contributed by atoms with Gasteiger partial charge in [0.1, 0.15) is 5.75 Å². The molecule has 1 atom stereocenters. The first-order valence-corrected chi connectivity index (χ1v) is 13.9. The summed E-state index contributed by atoms with van der Waals surface area (Å²) in [7, 11) is 0. The molecule has 0 radical (unpaired) electrons. The average molecular weight is 561 g/mol. The van der Waals surface area contributed by atoms with Crippen LogP contribution in [-0.4, -0.2) is 54.8 Å². The average Bonchev–Trinajstić information content (AvgIpc) is 2.89. The van der Waals surface area contributed by atoms with Gasteiger partial charge in [-0.05, 0) is 55.1 Å². The molecular weight excluding hydrogens is 525 g/mol. The monoisotopic (exact) mass is 559 g/mol. The van der Waals surface area contributed by atoms with Crippen LogP contribution in [0.4, 0.5) is 5.69 Å². The van der Waals surface area contributed by atoms with E-state index in [1.807, 2.05) is 50.2 Å². The minimum atomic E-state index is -0.686. The van der Waals surface area contributed by atoms with Gasteiger partial charge in [-0.25, -0.2) is 0 Å². The Balaban J connectivity index is 1.29. The van der Waals surface area contributed by atoms with E-state index in [-0.39, 0.29) is 11.5 Å². The molecule has 0 aliphatic carbocycles. The Morgan fingerprint density at radius 1 is 1.00 bits per heavy atom.